The van der Waals surface area contributed by atoms with Crippen LogP contribution in [-0.2, 0) is 9.53 Å². The summed E-state index contributed by atoms with van der Waals surface area (Å²) in [5.41, 5.74) is 1.14. The highest BCUT2D eigenvalue weighted by molar-refractivity contribution is 6.30. The molecule has 1 amide bonds. The number of ketones is 2. The van der Waals surface area contributed by atoms with Crippen molar-refractivity contribution in [1.29, 1.82) is 0 Å². The minimum Gasteiger partial charge on any atom is -0.452 e. The molecular weight excluding hydrogens is 438 g/mol. The van der Waals surface area contributed by atoms with Crippen molar-refractivity contribution in [2.24, 2.45) is 0 Å². The van der Waals surface area contributed by atoms with Crippen molar-refractivity contribution in [3.05, 3.63) is 101 Å². The normalized spacial score (nSPS) is 12.0. The number of carbonyl (C=O) groups is 4. The van der Waals surface area contributed by atoms with E-state index in [1.54, 1.807) is 42.5 Å². The van der Waals surface area contributed by atoms with E-state index in [2.05, 4.69) is 15.5 Å². The summed E-state index contributed by atoms with van der Waals surface area (Å²) >= 11 is 0. The first-order valence-electron chi connectivity index (χ1n) is 10.2. The molecule has 3 aromatic carbocycles. The van der Waals surface area contributed by atoms with Crippen LogP contribution < -0.4 is 5.32 Å². The van der Waals surface area contributed by atoms with Crippen LogP contribution in [0.1, 0.15) is 42.2 Å². The first-order valence-corrected chi connectivity index (χ1v) is 10.2. The number of hydrogen-bond donors (Lipinski definition) is 1. The van der Waals surface area contributed by atoms with Crippen molar-refractivity contribution < 1.29 is 28.3 Å². The maximum atomic E-state index is 13.0. The van der Waals surface area contributed by atoms with Crippen LogP contribution in [0.15, 0.2) is 77.2 Å². The van der Waals surface area contributed by atoms with Gasteiger partial charge < -0.3 is 9.15 Å². The number of benzene rings is 3. The lowest BCUT2D eigenvalue weighted by Gasteiger charge is -2.19. The molecule has 0 fully saturated rings. The van der Waals surface area contributed by atoms with E-state index in [0.717, 1.165) is 0 Å². The summed E-state index contributed by atoms with van der Waals surface area (Å²) in [7, 11) is 0. The molecule has 9 heteroatoms. The largest absolute Gasteiger partial charge is 0.452 e. The number of ether oxygens (including phenoxy) is 1. The molecule has 0 unspecified atom stereocenters. The second-order valence-corrected chi connectivity index (χ2v) is 7.33. The van der Waals surface area contributed by atoms with Gasteiger partial charge in [-0.25, -0.2) is 4.79 Å². The van der Waals surface area contributed by atoms with Gasteiger partial charge in [0.1, 0.15) is 0 Å². The lowest BCUT2D eigenvalue weighted by Crippen LogP contribution is -2.26. The van der Waals surface area contributed by atoms with E-state index in [-0.39, 0.29) is 45.5 Å². The van der Waals surface area contributed by atoms with Gasteiger partial charge in [0.25, 0.3) is 5.91 Å². The zero-order chi connectivity index (χ0) is 23.7. The molecule has 1 heterocycles. The third kappa shape index (κ3) is 3.75. The molecule has 1 N–H and O–H groups in total. The van der Waals surface area contributed by atoms with Gasteiger partial charge in [-0.05, 0) is 18.2 Å². The summed E-state index contributed by atoms with van der Waals surface area (Å²) in [5, 5.41) is 9.95. The fraction of sp³-hybridized carbons (Fsp3) is 0.0400. The van der Waals surface area contributed by atoms with Crippen LogP contribution in [0.4, 0.5) is 6.01 Å². The summed E-state index contributed by atoms with van der Waals surface area (Å²) in [6.07, 6.45) is 0. The number of rotatable bonds is 5. The molecule has 0 atom stereocenters. The minimum absolute atomic E-state index is 0.0407. The molecule has 0 bridgehead atoms. The number of aromatic nitrogens is 2. The summed E-state index contributed by atoms with van der Waals surface area (Å²) < 4.78 is 10.5. The molecule has 5 rings (SSSR count). The zero-order valence-corrected chi connectivity index (χ0v) is 17.5. The van der Waals surface area contributed by atoms with Crippen molar-refractivity contribution in [1.82, 2.24) is 10.2 Å². The number of esters is 1. The molecule has 0 radical (unpaired) electrons. The van der Waals surface area contributed by atoms with E-state index in [9.17, 15) is 19.2 Å². The van der Waals surface area contributed by atoms with Crippen molar-refractivity contribution in [3.63, 3.8) is 0 Å². The van der Waals surface area contributed by atoms with Crippen LogP contribution in [0.25, 0.3) is 11.5 Å². The fourth-order valence-corrected chi connectivity index (χ4v) is 3.65. The summed E-state index contributed by atoms with van der Waals surface area (Å²) in [4.78, 5) is 50.8. The molecule has 4 aromatic rings. The van der Waals surface area contributed by atoms with Crippen LogP contribution >= 0.6 is 0 Å². The molecule has 0 saturated heterocycles. The van der Waals surface area contributed by atoms with Gasteiger partial charge in [0.15, 0.2) is 18.2 Å². The lowest BCUT2D eigenvalue weighted by atomic mass is 9.82. The Morgan fingerprint density at radius 1 is 0.794 bits per heavy atom. The highest BCUT2D eigenvalue weighted by Gasteiger charge is 2.33. The Morgan fingerprint density at radius 3 is 2.24 bits per heavy atom. The van der Waals surface area contributed by atoms with E-state index >= 15 is 0 Å². The number of hydrogen-bond acceptors (Lipinski definition) is 8. The van der Waals surface area contributed by atoms with Gasteiger partial charge in [-0.15, -0.1) is 5.10 Å². The van der Waals surface area contributed by atoms with E-state index in [1.165, 1.54) is 24.3 Å². The Labute approximate surface area is 192 Å². The number of fused-ring (bicyclic) bond motifs is 2. The van der Waals surface area contributed by atoms with Gasteiger partial charge in [-0.1, -0.05) is 59.7 Å². The van der Waals surface area contributed by atoms with Gasteiger partial charge >= 0.3 is 12.0 Å². The first-order chi connectivity index (χ1) is 16.5. The maximum Gasteiger partial charge on any atom is 0.339 e. The SMILES string of the molecule is O=C(COC(=O)c1cccc2c1C(=O)c1ccccc1C2=O)Nc1nnc(-c2ccccc2)o1. The standard InChI is InChI=1S/C25H15N3O6/c29-19(26-25-28-27-23(34-25)14-7-2-1-3-8-14)13-33-24(32)18-12-6-11-17-20(18)22(31)16-10-5-4-9-15(16)21(17)30/h1-12H,13H2,(H,26,28,29). The van der Waals surface area contributed by atoms with Gasteiger partial charge in [0, 0.05) is 27.8 Å². The highest BCUT2D eigenvalue weighted by Crippen LogP contribution is 2.29. The number of nitrogens with zero attached hydrogens (tertiary/aromatic N) is 2. The molecule has 1 aromatic heterocycles. The smallest absolute Gasteiger partial charge is 0.339 e. The van der Waals surface area contributed by atoms with E-state index in [1.807, 2.05) is 6.07 Å². The van der Waals surface area contributed by atoms with Crippen molar-refractivity contribution in [2.45, 2.75) is 0 Å². The molecule has 34 heavy (non-hydrogen) atoms. The van der Waals surface area contributed by atoms with E-state index in [4.69, 9.17) is 9.15 Å². The monoisotopic (exact) mass is 453 g/mol. The van der Waals surface area contributed by atoms with E-state index < -0.39 is 24.3 Å². The first kappa shape index (κ1) is 21.0. The molecule has 166 valence electrons. The fourth-order valence-electron chi connectivity index (χ4n) is 3.65. The van der Waals surface area contributed by atoms with Crippen LogP contribution in [0.2, 0.25) is 0 Å². The molecule has 0 spiro atoms. The number of anilines is 1. The molecule has 0 saturated carbocycles. The zero-order valence-electron chi connectivity index (χ0n) is 17.5. The van der Waals surface area contributed by atoms with Crippen molar-refractivity contribution in [2.75, 3.05) is 11.9 Å². The Hall–Kier alpha value is -4.92. The number of amides is 1. The van der Waals surface area contributed by atoms with Crippen LogP contribution in [-0.4, -0.2) is 40.2 Å². The average Bonchev–Trinajstić information content (AvgIpc) is 3.34. The topological polar surface area (TPSA) is 128 Å². The van der Waals surface area contributed by atoms with E-state index in [0.29, 0.717) is 5.56 Å². The summed E-state index contributed by atoms with van der Waals surface area (Å²) in [6.45, 7) is -0.662. The maximum absolute atomic E-state index is 13.0. The molecule has 0 aliphatic heterocycles. The average molecular weight is 453 g/mol. The minimum atomic E-state index is -0.914. The van der Waals surface area contributed by atoms with Crippen LogP contribution in [0, 0.1) is 0 Å². The molecule has 1 aliphatic carbocycles. The van der Waals surface area contributed by atoms with Crippen LogP contribution in [0.5, 0.6) is 0 Å². The summed E-state index contributed by atoms with van der Waals surface area (Å²) in [6, 6.07) is 19.6. The van der Waals surface area contributed by atoms with Crippen LogP contribution in [0.3, 0.4) is 0 Å². The van der Waals surface area contributed by atoms with Crippen molar-refractivity contribution >= 4 is 29.5 Å². The second kappa shape index (κ2) is 8.55. The van der Waals surface area contributed by atoms with Gasteiger partial charge in [0.2, 0.25) is 5.89 Å². The van der Waals surface area contributed by atoms with Gasteiger partial charge in [-0.2, -0.15) is 0 Å². The predicted octanol–water partition coefficient (Wildman–Crippen LogP) is 3.31. The summed E-state index contributed by atoms with van der Waals surface area (Å²) in [5.74, 6) is -2.23. The third-order valence-corrected chi connectivity index (χ3v) is 5.20. The molecule has 9 nitrogen and oxygen atoms in total. The Bertz CT molecular complexity index is 1460. The third-order valence-electron chi connectivity index (χ3n) is 5.20. The Morgan fingerprint density at radius 2 is 1.47 bits per heavy atom. The molecule has 1 aliphatic rings. The molecular formula is C25H15N3O6. The van der Waals surface area contributed by atoms with Gasteiger partial charge in [0.05, 0.1) is 5.56 Å². The number of nitrogens with one attached hydrogen (secondary N) is 1. The highest BCUT2D eigenvalue weighted by atomic mass is 16.5. The Balaban J connectivity index is 1.29. The van der Waals surface area contributed by atoms with Gasteiger partial charge in [-0.3, -0.25) is 19.7 Å². The van der Waals surface area contributed by atoms with Crippen molar-refractivity contribution in [3.8, 4) is 11.5 Å². The predicted molar refractivity (Wildman–Crippen MR) is 118 cm³/mol. The lowest BCUT2D eigenvalue weighted by molar-refractivity contribution is -0.119. The Kier molecular flexibility index (Phi) is 5.27. The number of carbonyl (C=O) groups excluding carboxylic acids is 4. The second-order valence-electron chi connectivity index (χ2n) is 7.33. The quantitative estimate of drug-likeness (QED) is 0.402.